The second kappa shape index (κ2) is 4.62. The van der Waals surface area contributed by atoms with Crippen molar-refractivity contribution >= 4 is 39.1 Å². The van der Waals surface area contributed by atoms with Crippen molar-refractivity contribution < 1.29 is 9.59 Å². The quantitative estimate of drug-likeness (QED) is 0.878. The highest BCUT2D eigenvalue weighted by Crippen LogP contribution is 2.25. The van der Waals surface area contributed by atoms with Gasteiger partial charge in [-0.2, -0.15) is 0 Å². The van der Waals surface area contributed by atoms with Crippen LogP contribution in [0.1, 0.15) is 17.8 Å². The smallest absolute Gasteiger partial charge is 0.246 e. The van der Waals surface area contributed by atoms with Gasteiger partial charge in [-0.15, -0.1) is 11.3 Å². The highest BCUT2D eigenvalue weighted by molar-refractivity contribution is 7.18. The number of thiazole rings is 1. The molecule has 6 heteroatoms. The van der Waals surface area contributed by atoms with Gasteiger partial charge in [0.05, 0.1) is 15.2 Å². The molecule has 1 aliphatic heterocycles. The number of hydrogen-bond acceptors (Lipinski definition) is 4. The molecule has 3 rings (SSSR count). The maximum absolute atomic E-state index is 12.0. The van der Waals surface area contributed by atoms with Crippen molar-refractivity contribution in [3.63, 3.8) is 0 Å². The Labute approximate surface area is 114 Å². The fraction of sp³-hybridized carbons (Fsp3) is 0.308. The number of rotatable bonds is 2. The molecule has 98 valence electrons. The molecule has 1 fully saturated rings. The highest BCUT2D eigenvalue weighted by Gasteiger charge is 2.27. The van der Waals surface area contributed by atoms with Crippen LogP contribution in [0, 0.1) is 6.92 Å². The molecular weight excluding hydrogens is 262 g/mol. The van der Waals surface area contributed by atoms with Crippen LogP contribution < -0.4 is 10.6 Å². The van der Waals surface area contributed by atoms with Gasteiger partial charge in [-0.1, -0.05) is 0 Å². The van der Waals surface area contributed by atoms with Gasteiger partial charge in [-0.25, -0.2) is 4.98 Å². The average molecular weight is 275 g/mol. The predicted octanol–water partition coefficient (Wildman–Crippen LogP) is 1.82. The standard InChI is InChI=1S/C13H13N3O2S/c1-7-14-9-3-2-8(6-11(9)19-7)15-13(18)10-4-5-12(17)16-10/h2-3,6,10H,4-5H2,1H3,(H,15,18)(H,16,17)/t10-/m0/s1. The maximum atomic E-state index is 12.0. The molecule has 19 heavy (non-hydrogen) atoms. The van der Waals surface area contributed by atoms with Gasteiger partial charge in [0, 0.05) is 12.1 Å². The zero-order valence-electron chi connectivity index (χ0n) is 10.4. The summed E-state index contributed by atoms with van der Waals surface area (Å²) in [5.41, 5.74) is 1.68. The lowest BCUT2D eigenvalue weighted by molar-refractivity contribution is -0.122. The van der Waals surface area contributed by atoms with Gasteiger partial charge in [0.15, 0.2) is 0 Å². The van der Waals surface area contributed by atoms with E-state index in [9.17, 15) is 9.59 Å². The number of carbonyl (C=O) groups is 2. The zero-order chi connectivity index (χ0) is 13.4. The third-order valence-electron chi connectivity index (χ3n) is 3.07. The van der Waals surface area contributed by atoms with E-state index < -0.39 is 6.04 Å². The summed E-state index contributed by atoms with van der Waals surface area (Å²) in [6.07, 6.45) is 0.984. The highest BCUT2D eigenvalue weighted by atomic mass is 32.1. The van der Waals surface area contributed by atoms with Crippen LogP contribution in [0.5, 0.6) is 0 Å². The molecule has 1 aromatic heterocycles. The summed E-state index contributed by atoms with van der Waals surface area (Å²) >= 11 is 1.59. The van der Waals surface area contributed by atoms with E-state index in [-0.39, 0.29) is 11.8 Å². The second-order valence-corrected chi connectivity index (χ2v) is 5.80. The molecule has 0 saturated carbocycles. The first-order valence-electron chi connectivity index (χ1n) is 6.09. The summed E-state index contributed by atoms with van der Waals surface area (Å²) in [4.78, 5) is 27.4. The number of benzene rings is 1. The lowest BCUT2D eigenvalue weighted by Crippen LogP contribution is -2.37. The van der Waals surface area contributed by atoms with E-state index in [1.165, 1.54) is 0 Å². The third kappa shape index (κ3) is 2.44. The Morgan fingerprint density at radius 2 is 2.37 bits per heavy atom. The Hall–Kier alpha value is -1.95. The van der Waals surface area contributed by atoms with Crippen LogP contribution in [0.3, 0.4) is 0 Å². The predicted molar refractivity (Wildman–Crippen MR) is 74.2 cm³/mol. The molecule has 1 aliphatic rings. The lowest BCUT2D eigenvalue weighted by atomic mass is 10.2. The summed E-state index contributed by atoms with van der Waals surface area (Å²) in [6, 6.07) is 5.22. The van der Waals surface area contributed by atoms with Crippen molar-refractivity contribution in [1.82, 2.24) is 10.3 Å². The molecule has 1 atom stereocenters. The molecule has 1 aromatic carbocycles. The largest absolute Gasteiger partial charge is 0.344 e. The fourth-order valence-corrected chi connectivity index (χ4v) is 3.02. The van der Waals surface area contributed by atoms with E-state index in [2.05, 4.69) is 15.6 Å². The van der Waals surface area contributed by atoms with Crippen LogP contribution >= 0.6 is 11.3 Å². The topological polar surface area (TPSA) is 71.1 Å². The molecule has 0 unspecified atom stereocenters. The average Bonchev–Trinajstić information content (AvgIpc) is 2.93. The Morgan fingerprint density at radius 1 is 1.53 bits per heavy atom. The van der Waals surface area contributed by atoms with Crippen molar-refractivity contribution in [3.05, 3.63) is 23.2 Å². The molecule has 2 aromatic rings. The number of amides is 2. The van der Waals surface area contributed by atoms with Crippen LogP contribution in [-0.4, -0.2) is 22.8 Å². The number of anilines is 1. The van der Waals surface area contributed by atoms with Gasteiger partial charge in [0.25, 0.3) is 0 Å². The van der Waals surface area contributed by atoms with Gasteiger partial charge < -0.3 is 10.6 Å². The van der Waals surface area contributed by atoms with E-state index >= 15 is 0 Å². The number of carbonyl (C=O) groups excluding carboxylic acids is 2. The van der Waals surface area contributed by atoms with E-state index in [0.717, 1.165) is 20.9 Å². The SMILES string of the molecule is Cc1nc2ccc(NC(=O)[C@@H]3CCC(=O)N3)cc2s1. The van der Waals surface area contributed by atoms with E-state index in [0.29, 0.717) is 12.8 Å². The van der Waals surface area contributed by atoms with E-state index in [1.807, 2.05) is 25.1 Å². The van der Waals surface area contributed by atoms with Gasteiger partial charge >= 0.3 is 0 Å². The molecule has 0 aliphatic carbocycles. The van der Waals surface area contributed by atoms with Gasteiger partial charge in [-0.3, -0.25) is 9.59 Å². The number of nitrogens with one attached hydrogen (secondary N) is 2. The van der Waals surface area contributed by atoms with E-state index in [4.69, 9.17) is 0 Å². The summed E-state index contributed by atoms with van der Waals surface area (Å²) in [5, 5.41) is 6.49. The summed E-state index contributed by atoms with van der Waals surface area (Å²) in [6.45, 7) is 1.96. The van der Waals surface area contributed by atoms with Crippen LogP contribution in [0.25, 0.3) is 10.2 Å². The van der Waals surface area contributed by atoms with Crippen molar-refractivity contribution in [2.45, 2.75) is 25.8 Å². The summed E-state index contributed by atoms with van der Waals surface area (Å²) in [7, 11) is 0. The van der Waals surface area contributed by atoms with Crippen LogP contribution in [-0.2, 0) is 9.59 Å². The van der Waals surface area contributed by atoms with Crippen LogP contribution in [0.15, 0.2) is 18.2 Å². The van der Waals surface area contributed by atoms with Gasteiger partial charge in [-0.05, 0) is 31.5 Å². The molecule has 1 saturated heterocycles. The molecule has 0 bridgehead atoms. The number of hydrogen-bond donors (Lipinski definition) is 2. The molecule has 2 heterocycles. The first kappa shape index (κ1) is 12.1. The van der Waals surface area contributed by atoms with Gasteiger partial charge in [0.1, 0.15) is 6.04 Å². The van der Waals surface area contributed by atoms with Crippen molar-refractivity contribution in [2.24, 2.45) is 0 Å². The second-order valence-electron chi connectivity index (χ2n) is 4.56. The first-order valence-corrected chi connectivity index (χ1v) is 6.91. The molecule has 2 amide bonds. The Morgan fingerprint density at radius 3 is 3.11 bits per heavy atom. The monoisotopic (exact) mass is 275 g/mol. The first-order chi connectivity index (χ1) is 9.11. The van der Waals surface area contributed by atoms with E-state index in [1.54, 1.807) is 11.3 Å². The summed E-state index contributed by atoms with van der Waals surface area (Å²) < 4.78 is 1.05. The minimum atomic E-state index is -0.411. The van der Waals surface area contributed by atoms with Crippen molar-refractivity contribution in [3.8, 4) is 0 Å². The van der Waals surface area contributed by atoms with Crippen molar-refractivity contribution in [2.75, 3.05) is 5.32 Å². The molecule has 5 nitrogen and oxygen atoms in total. The van der Waals surface area contributed by atoms with Crippen LogP contribution in [0.2, 0.25) is 0 Å². The normalized spacial score (nSPS) is 18.6. The number of fused-ring (bicyclic) bond motifs is 1. The molecular formula is C13H13N3O2S. The summed E-state index contributed by atoms with van der Waals surface area (Å²) in [5.74, 6) is -0.222. The Bertz CT molecular complexity index is 665. The molecule has 2 N–H and O–H groups in total. The number of nitrogens with zero attached hydrogens (tertiary/aromatic N) is 1. The number of aryl methyl sites for hydroxylation is 1. The minimum absolute atomic E-state index is 0.0614. The maximum Gasteiger partial charge on any atom is 0.246 e. The number of aromatic nitrogens is 1. The minimum Gasteiger partial charge on any atom is -0.344 e. The fourth-order valence-electron chi connectivity index (χ4n) is 2.16. The van der Waals surface area contributed by atoms with Gasteiger partial charge in [0.2, 0.25) is 11.8 Å². The Kier molecular flexibility index (Phi) is 2.94. The van der Waals surface area contributed by atoms with Crippen LogP contribution in [0.4, 0.5) is 5.69 Å². The molecule has 0 radical (unpaired) electrons. The lowest BCUT2D eigenvalue weighted by Gasteiger charge is -2.10. The molecule has 0 spiro atoms. The zero-order valence-corrected chi connectivity index (χ0v) is 11.2. The van der Waals surface area contributed by atoms with Crippen molar-refractivity contribution in [1.29, 1.82) is 0 Å². The third-order valence-corrected chi connectivity index (χ3v) is 4.01. The Balaban J connectivity index is 1.77.